The van der Waals surface area contributed by atoms with E-state index >= 15 is 0 Å². The first kappa shape index (κ1) is 28.0. The summed E-state index contributed by atoms with van der Waals surface area (Å²) in [4.78, 5) is 32.0. The van der Waals surface area contributed by atoms with Crippen molar-refractivity contribution in [3.8, 4) is 0 Å². The number of rotatable bonds is 6. The van der Waals surface area contributed by atoms with Crippen LogP contribution in [0, 0.1) is 0 Å². The van der Waals surface area contributed by atoms with E-state index in [1.807, 2.05) is 30.3 Å². The largest absolute Gasteiger partial charge is 0.506 e. The highest BCUT2D eigenvalue weighted by Crippen LogP contribution is 2.51. The molecule has 0 amide bonds. The van der Waals surface area contributed by atoms with E-state index in [-0.39, 0.29) is 16.9 Å². The molecular weight excluding hydrogens is 544 g/mol. The number of nitrogens with zero attached hydrogens (tertiary/aromatic N) is 1. The number of Topliss-reactive ketones (excluding diaryl/α,β-unsaturated/α-hetero) is 2. The quantitative estimate of drug-likeness (QED) is 0.176. The van der Waals surface area contributed by atoms with Crippen LogP contribution in [-0.2, 0) is 20.4 Å². The molecule has 5 nitrogen and oxygen atoms in total. The van der Waals surface area contributed by atoms with Gasteiger partial charge in [0.25, 0.3) is 0 Å². The van der Waals surface area contributed by atoms with Gasteiger partial charge in [-0.15, -0.1) is 0 Å². The molecule has 7 rings (SSSR count). The molecule has 0 saturated heterocycles. The molecule has 0 bridgehead atoms. The molecule has 2 atom stereocenters. The number of hydrogen-bond donors (Lipinski definition) is 2. The van der Waals surface area contributed by atoms with Crippen LogP contribution < -0.4 is 5.32 Å². The minimum Gasteiger partial charge on any atom is -0.506 e. The van der Waals surface area contributed by atoms with Crippen LogP contribution >= 0.6 is 0 Å². The van der Waals surface area contributed by atoms with Gasteiger partial charge in [0, 0.05) is 22.2 Å². The monoisotopic (exact) mass is 580 g/mol. The summed E-state index contributed by atoms with van der Waals surface area (Å²) >= 11 is 0. The van der Waals surface area contributed by atoms with E-state index in [0.717, 1.165) is 69.9 Å². The van der Waals surface area contributed by atoms with Crippen LogP contribution in [-0.4, -0.2) is 22.4 Å². The molecule has 0 radical (unpaired) electrons. The zero-order valence-electron chi connectivity index (χ0n) is 25.6. The number of aliphatic imine (C=N–C) groups is 1. The van der Waals surface area contributed by atoms with Gasteiger partial charge in [0.15, 0.2) is 0 Å². The maximum Gasteiger partial charge on any atom is 0.237 e. The molecule has 4 aromatic rings. The van der Waals surface area contributed by atoms with Crippen LogP contribution in [0.25, 0.3) is 21.5 Å². The molecule has 0 spiro atoms. The average Bonchev–Trinajstić information content (AvgIpc) is 3.54. The van der Waals surface area contributed by atoms with Crippen molar-refractivity contribution >= 4 is 50.2 Å². The molecule has 4 aromatic carbocycles. The lowest BCUT2D eigenvalue weighted by molar-refractivity contribution is -0.131. The van der Waals surface area contributed by atoms with Crippen molar-refractivity contribution in [3.63, 3.8) is 0 Å². The average molecular weight is 581 g/mol. The van der Waals surface area contributed by atoms with Gasteiger partial charge < -0.3 is 10.4 Å². The Labute approximate surface area is 257 Å². The van der Waals surface area contributed by atoms with Gasteiger partial charge >= 0.3 is 0 Å². The minimum atomic E-state index is -0.699. The summed E-state index contributed by atoms with van der Waals surface area (Å²) in [5, 5.41) is 19.6. The van der Waals surface area contributed by atoms with Crippen LogP contribution in [0.15, 0.2) is 113 Å². The zero-order chi connectivity index (χ0) is 30.8. The van der Waals surface area contributed by atoms with Gasteiger partial charge in [0.2, 0.25) is 11.6 Å². The van der Waals surface area contributed by atoms with Crippen molar-refractivity contribution in [3.05, 3.63) is 119 Å². The van der Waals surface area contributed by atoms with E-state index in [1.54, 1.807) is 12.2 Å². The third-order valence-electron chi connectivity index (χ3n) is 9.89. The van der Waals surface area contributed by atoms with Crippen LogP contribution in [0.4, 0.5) is 11.4 Å². The summed E-state index contributed by atoms with van der Waals surface area (Å²) in [7, 11) is 0. The molecule has 44 heavy (non-hydrogen) atoms. The number of carbonyl (C=O) groups is 2. The summed E-state index contributed by atoms with van der Waals surface area (Å²) < 4.78 is 0. The number of aliphatic hydroxyl groups is 1. The molecule has 0 saturated carbocycles. The second kappa shape index (κ2) is 10.2. The lowest BCUT2D eigenvalue weighted by atomic mass is 9.73. The van der Waals surface area contributed by atoms with Crippen LogP contribution in [0.3, 0.4) is 0 Å². The van der Waals surface area contributed by atoms with E-state index in [0.29, 0.717) is 5.71 Å². The highest BCUT2D eigenvalue weighted by Gasteiger charge is 2.44. The van der Waals surface area contributed by atoms with Gasteiger partial charge in [-0.2, -0.15) is 0 Å². The van der Waals surface area contributed by atoms with Crippen LogP contribution in [0.5, 0.6) is 0 Å². The number of hydrogen-bond acceptors (Lipinski definition) is 5. The van der Waals surface area contributed by atoms with Crippen molar-refractivity contribution in [1.82, 2.24) is 0 Å². The van der Waals surface area contributed by atoms with E-state index in [1.165, 1.54) is 5.56 Å². The smallest absolute Gasteiger partial charge is 0.237 e. The normalized spacial score (nSPS) is 24.5. The SMILES string of the molecule is CCCC1(C)C(C=C2C(=O)C(=O)C(C=C3Nc4ccc5ccccc5c4C3(C)CCC)=C2O)=Nc2ccc3ccccc3c21. The second-order valence-corrected chi connectivity index (χ2v) is 12.7. The molecule has 0 aromatic heterocycles. The number of ketones is 2. The van der Waals surface area contributed by atoms with Gasteiger partial charge in [-0.25, -0.2) is 0 Å². The molecule has 2 N–H and O–H groups in total. The Morgan fingerprint density at radius 3 is 2.05 bits per heavy atom. The Balaban J connectivity index is 1.34. The van der Waals surface area contributed by atoms with E-state index in [4.69, 9.17) is 4.99 Å². The number of fused-ring (bicyclic) bond motifs is 6. The Morgan fingerprint density at radius 2 is 1.36 bits per heavy atom. The van der Waals surface area contributed by atoms with Gasteiger partial charge in [0.05, 0.1) is 22.5 Å². The fourth-order valence-corrected chi connectivity index (χ4v) is 7.76. The second-order valence-electron chi connectivity index (χ2n) is 12.7. The van der Waals surface area contributed by atoms with Crippen molar-refractivity contribution in [1.29, 1.82) is 0 Å². The molecule has 5 heteroatoms. The lowest BCUT2D eigenvalue weighted by Gasteiger charge is -2.27. The standard InChI is InChI=1S/C39H36N2O3/c1-5-19-38(3)31(40-29-17-15-23-11-7-9-13-25(23)33(29)38)21-27-35(42)28(37(44)36(27)43)22-32-39(4,20-6-2)34-26-14-10-8-12-24(26)16-18-30(34)41-32/h7-18,21-22,40,42H,5-6,19-20H2,1-4H3. The van der Waals surface area contributed by atoms with Gasteiger partial charge in [-0.3, -0.25) is 14.6 Å². The highest BCUT2D eigenvalue weighted by molar-refractivity contribution is 6.54. The summed E-state index contributed by atoms with van der Waals surface area (Å²) in [5.41, 5.74) is 4.80. The number of aliphatic hydroxyl groups excluding tert-OH is 1. The van der Waals surface area contributed by atoms with Crippen LogP contribution in [0.1, 0.15) is 64.5 Å². The molecule has 1 aliphatic carbocycles. The Bertz CT molecular complexity index is 2050. The van der Waals surface area contributed by atoms with Gasteiger partial charge in [-0.1, -0.05) is 87.4 Å². The van der Waals surface area contributed by atoms with E-state index < -0.39 is 22.4 Å². The molecule has 2 aliphatic heterocycles. The Kier molecular flexibility index (Phi) is 6.47. The van der Waals surface area contributed by atoms with Crippen molar-refractivity contribution in [2.24, 2.45) is 4.99 Å². The third-order valence-corrected chi connectivity index (χ3v) is 9.89. The minimum absolute atomic E-state index is 0.0122. The maximum atomic E-state index is 13.5. The third kappa shape index (κ3) is 3.95. The fraction of sp³-hybridized carbons (Fsp3) is 0.256. The molecule has 3 aliphatic rings. The van der Waals surface area contributed by atoms with Crippen molar-refractivity contribution in [2.75, 3.05) is 5.32 Å². The molecule has 2 unspecified atom stereocenters. The zero-order valence-corrected chi connectivity index (χ0v) is 25.6. The Hall–Kier alpha value is -4.77. The van der Waals surface area contributed by atoms with Gasteiger partial charge in [-0.05, 0) is 83.6 Å². The molecule has 0 fully saturated rings. The van der Waals surface area contributed by atoms with Crippen LogP contribution in [0.2, 0.25) is 0 Å². The fourth-order valence-electron chi connectivity index (χ4n) is 7.76. The van der Waals surface area contributed by atoms with Gasteiger partial charge in [0.1, 0.15) is 5.76 Å². The topological polar surface area (TPSA) is 78.8 Å². The summed E-state index contributed by atoms with van der Waals surface area (Å²) in [6, 6.07) is 24.8. The number of allylic oxidation sites excluding steroid dienone is 5. The van der Waals surface area contributed by atoms with E-state index in [9.17, 15) is 14.7 Å². The van der Waals surface area contributed by atoms with Crippen molar-refractivity contribution < 1.29 is 14.7 Å². The Morgan fingerprint density at radius 1 is 0.750 bits per heavy atom. The summed E-state index contributed by atoms with van der Waals surface area (Å²) in [6.07, 6.45) is 6.83. The lowest BCUT2D eigenvalue weighted by Crippen LogP contribution is -2.29. The predicted octanol–water partition coefficient (Wildman–Crippen LogP) is 9.09. The first-order chi connectivity index (χ1) is 21.2. The number of anilines is 1. The highest BCUT2D eigenvalue weighted by atomic mass is 16.3. The number of benzene rings is 4. The molecule has 2 heterocycles. The summed E-state index contributed by atoms with van der Waals surface area (Å²) in [5.74, 6) is -1.67. The predicted molar refractivity (Wildman–Crippen MR) is 179 cm³/mol. The molecule has 220 valence electrons. The molecular formula is C39H36N2O3. The summed E-state index contributed by atoms with van der Waals surface area (Å²) in [6.45, 7) is 8.60. The number of carbonyl (C=O) groups excluding carboxylic acids is 2. The first-order valence-corrected chi connectivity index (χ1v) is 15.6. The van der Waals surface area contributed by atoms with E-state index in [2.05, 4.69) is 75.5 Å². The number of nitrogens with one attached hydrogen (secondary N) is 1. The van der Waals surface area contributed by atoms with Crippen molar-refractivity contribution in [2.45, 2.75) is 64.2 Å². The maximum absolute atomic E-state index is 13.5. The first-order valence-electron chi connectivity index (χ1n) is 15.6.